The molecule has 0 spiro atoms. The van der Waals surface area contributed by atoms with Crippen molar-refractivity contribution in [1.29, 1.82) is 0 Å². The van der Waals surface area contributed by atoms with E-state index in [-0.39, 0.29) is 7.40 Å². The van der Waals surface area contributed by atoms with Gasteiger partial charge in [-0.1, -0.05) is 12.2 Å². The highest BCUT2D eigenvalue weighted by molar-refractivity contribution is 5.88. The zero-order valence-corrected chi connectivity index (χ0v) is 12.3. The van der Waals surface area contributed by atoms with Crippen molar-refractivity contribution < 1.29 is 11.0 Å². The maximum absolute atomic E-state index is 11.9. The summed E-state index contributed by atoms with van der Waals surface area (Å²) in [6.45, 7) is 6.31. The summed E-state index contributed by atoms with van der Waals surface area (Å²) in [7, 11) is 2.05. The Kier molecular flexibility index (Phi) is 7.26. The Labute approximate surface area is 118 Å². The van der Waals surface area contributed by atoms with Gasteiger partial charge in [0.25, 0.3) is 0 Å². The van der Waals surface area contributed by atoms with Crippen molar-refractivity contribution in [1.82, 2.24) is 10.2 Å². The van der Waals surface area contributed by atoms with Crippen molar-refractivity contribution in [3.8, 4) is 0 Å². The molecular formula is C15H28N2O2. The van der Waals surface area contributed by atoms with Gasteiger partial charge in [-0.05, 0) is 46.2 Å². The van der Waals surface area contributed by atoms with Gasteiger partial charge in [0.2, 0.25) is 0 Å². The van der Waals surface area contributed by atoms with Crippen molar-refractivity contribution in [2.45, 2.75) is 39.2 Å². The largest absolute Gasteiger partial charge is 0.463 e. The van der Waals surface area contributed by atoms with Gasteiger partial charge < -0.3 is 15.0 Å². The Morgan fingerprint density at radius 3 is 2.74 bits per heavy atom. The molecular weight excluding hydrogens is 240 g/mol. The second-order valence-electron chi connectivity index (χ2n) is 4.79. The van der Waals surface area contributed by atoms with Gasteiger partial charge >= 0.3 is 5.97 Å². The minimum atomic E-state index is -0.207. The molecule has 0 aliphatic carbocycles. The van der Waals surface area contributed by atoms with Crippen LogP contribution in [0, 0.1) is 0 Å². The predicted molar refractivity (Wildman–Crippen MR) is 79.9 cm³/mol. The highest BCUT2D eigenvalue weighted by Crippen LogP contribution is 2.14. The van der Waals surface area contributed by atoms with Gasteiger partial charge in [-0.2, -0.15) is 0 Å². The number of piperidine rings is 1. The monoisotopic (exact) mass is 268 g/mol. The van der Waals surface area contributed by atoms with Crippen molar-refractivity contribution in [3.05, 3.63) is 23.9 Å². The van der Waals surface area contributed by atoms with E-state index in [1.807, 2.05) is 39.2 Å². The van der Waals surface area contributed by atoms with Crippen LogP contribution >= 0.6 is 0 Å². The standard InChI is InChI=1S/C15H26N2O2.H2/c1-4-6-7-13(15(18)19-5-2)12-17(3)14-8-10-16-11-9-14;/h4,6,12,14,16H,5,7-11H2,1-3H3;1H/b6-4?,13-12+;. The van der Waals surface area contributed by atoms with Crippen LogP contribution in [0.25, 0.3) is 0 Å². The number of allylic oxidation sites excluding steroid dienone is 2. The fraction of sp³-hybridized carbons (Fsp3) is 0.667. The molecule has 4 nitrogen and oxygen atoms in total. The van der Waals surface area contributed by atoms with E-state index in [1.165, 1.54) is 0 Å². The highest BCUT2D eigenvalue weighted by Gasteiger charge is 2.17. The first-order valence-electron chi connectivity index (χ1n) is 7.10. The smallest absolute Gasteiger partial charge is 0.335 e. The summed E-state index contributed by atoms with van der Waals surface area (Å²) in [5.41, 5.74) is 0.723. The number of rotatable bonds is 6. The van der Waals surface area contributed by atoms with Gasteiger partial charge in [0, 0.05) is 20.7 Å². The molecule has 0 aromatic rings. The van der Waals surface area contributed by atoms with Crippen molar-refractivity contribution in [3.63, 3.8) is 0 Å². The lowest BCUT2D eigenvalue weighted by Gasteiger charge is -2.31. The predicted octanol–water partition coefficient (Wildman–Crippen LogP) is 2.33. The van der Waals surface area contributed by atoms with Crippen LogP contribution in [0.1, 0.15) is 34.5 Å². The molecule has 110 valence electrons. The van der Waals surface area contributed by atoms with E-state index in [4.69, 9.17) is 4.74 Å². The molecule has 0 saturated carbocycles. The van der Waals surface area contributed by atoms with Crippen LogP contribution in [0.15, 0.2) is 23.9 Å². The van der Waals surface area contributed by atoms with E-state index in [1.54, 1.807) is 0 Å². The number of hydrogen-bond donors (Lipinski definition) is 1. The summed E-state index contributed by atoms with van der Waals surface area (Å²) in [4.78, 5) is 14.1. The average molecular weight is 268 g/mol. The fourth-order valence-electron chi connectivity index (χ4n) is 2.22. The Balaban J connectivity index is 0.00000361. The third kappa shape index (κ3) is 5.47. The van der Waals surface area contributed by atoms with Gasteiger partial charge in [-0.3, -0.25) is 0 Å². The number of nitrogens with one attached hydrogen (secondary N) is 1. The lowest BCUT2D eigenvalue weighted by Crippen LogP contribution is -2.39. The SMILES string of the molecule is CC=CC/C(=C\N(C)C1CCNCC1)C(=O)OCC.[HH]. The molecule has 1 fully saturated rings. The van der Waals surface area contributed by atoms with Crippen LogP contribution in [-0.4, -0.2) is 43.7 Å². The molecule has 1 rings (SSSR count). The zero-order valence-electron chi connectivity index (χ0n) is 12.3. The zero-order chi connectivity index (χ0) is 14.1. The van der Waals surface area contributed by atoms with Gasteiger partial charge in [-0.15, -0.1) is 0 Å². The molecule has 1 aliphatic rings. The average Bonchev–Trinajstić information content (AvgIpc) is 2.44. The first-order chi connectivity index (χ1) is 9.19. The molecule has 19 heavy (non-hydrogen) atoms. The first kappa shape index (κ1) is 15.8. The van der Waals surface area contributed by atoms with E-state index in [2.05, 4.69) is 10.2 Å². The molecule has 0 amide bonds. The third-order valence-corrected chi connectivity index (χ3v) is 3.36. The topological polar surface area (TPSA) is 41.6 Å². The number of hydrogen-bond acceptors (Lipinski definition) is 4. The van der Waals surface area contributed by atoms with Crippen molar-refractivity contribution in [2.75, 3.05) is 26.7 Å². The second-order valence-corrected chi connectivity index (χ2v) is 4.79. The van der Waals surface area contributed by atoms with Gasteiger partial charge in [0.05, 0.1) is 12.2 Å². The van der Waals surface area contributed by atoms with E-state index in [0.29, 0.717) is 19.1 Å². The minimum Gasteiger partial charge on any atom is -0.463 e. The Bertz CT molecular complexity index is 337. The molecule has 0 aromatic carbocycles. The molecule has 1 aliphatic heterocycles. The number of carbonyl (C=O) groups excluding carboxylic acids is 1. The van der Waals surface area contributed by atoms with E-state index < -0.39 is 0 Å². The summed E-state index contributed by atoms with van der Waals surface area (Å²) in [5.74, 6) is -0.207. The normalized spacial score (nSPS) is 17.7. The molecule has 1 heterocycles. The van der Waals surface area contributed by atoms with E-state index in [9.17, 15) is 4.79 Å². The van der Waals surface area contributed by atoms with Gasteiger partial charge in [0.15, 0.2) is 0 Å². The Morgan fingerprint density at radius 1 is 1.47 bits per heavy atom. The highest BCUT2D eigenvalue weighted by atomic mass is 16.5. The molecule has 4 heteroatoms. The maximum Gasteiger partial charge on any atom is 0.335 e. The molecule has 1 N–H and O–H groups in total. The lowest BCUT2D eigenvalue weighted by molar-refractivity contribution is -0.138. The quantitative estimate of drug-likeness (QED) is 0.456. The van der Waals surface area contributed by atoms with Crippen LogP contribution in [-0.2, 0) is 9.53 Å². The number of ether oxygens (including phenoxy) is 1. The van der Waals surface area contributed by atoms with Crippen molar-refractivity contribution in [2.24, 2.45) is 0 Å². The van der Waals surface area contributed by atoms with Crippen LogP contribution in [0.2, 0.25) is 0 Å². The lowest BCUT2D eigenvalue weighted by atomic mass is 10.1. The molecule has 1 saturated heterocycles. The second kappa shape index (κ2) is 8.75. The molecule has 0 aromatic heterocycles. The Morgan fingerprint density at radius 2 is 2.16 bits per heavy atom. The van der Waals surface area contributed by atoms with Crippen molar-refractivity contribution >= 4 is 5.97 Å². The van der Waals surface area contributed by atoms with Crippen LogP contribution < -0.4 is 5.32 Å². The van der Waals surface area contributed by atoms with Crippen LogP contribution in [0.3, 0.4) is 0 Å². The molecule has 0 unspecified atom stereocenters. The summed E-state index contributed by atoms with van der Waals surface area (Å²) in [6, 6.07) is 0.510. The van der Waals surface area contributed by atoms with Gasteiger partial charge in [0.1, 0.15) is 0 Å². The maximum atomic E-state index is 11.9. The number of esters is 1. The van der Waals surface area contributed by atoms with Crippen LogP contribution in [0.5, 0.6) is 0 Å². The van der Waals surface area contributed by atoms with Gasteiger partial charge in [-0.25, -0.2) is 4.79 Å². The minimum absolute atomic E-state index is 0. The summed E-state index contributed by atoms with van der Waals surface area (Å²) in [6.07, 6.45) is 8.76. The molecule has 0 radical (unpaired) electrons. The Hall–Kier alpha value is -1.29. The van der Waals surface area contributed by atoms with E-state index >= 15 is 0 Å². The summed E-state index contributed by atoms with van der Waals surface area (Å²) in [5, 5.41) is 3.35. The van der Waals surface area contributed by atoms with E-state index in [0.717, 1.165) is 31.5 Å². The fourth-order valence-corrected chi connectivity index (χ4v) is 2.22. The number of carbonyl (C=O) groups is 1. The van der Waals surface area contributed by atoms with Crippen LogP contribution in [0.4, 0.5) is 0 Å². The first-order valence-corrected chi connectivity index (χ1v) is 7.10. The third-order valence-electron chi connectivity index (χ3n) is 3.36. The molecule has 0 atom stereocenters. The molecule has 0 bridgehead atoms. The summed E-state index contributed by atoms with van der Waals surface area (Å²) >= 11 is 0. The summed E-state index contributed by atoms with van der Waals surface area (Å²) < 4.78 is 5.11. The number of nitrogens with zero attached hydrogens (tertiary/aromatic N) is 1.